The number of nitro groups is 1. The molecule has 1 fully saturated rings. The van der Waals surface area contributed by atoms with Crippen LogP contribution in [-0.2, 0) is 11.2 Å². The molecule has 0 spiro atoms. The predicted molar refractivity (Wildman–Crippen MR) is 87.5 cm³/mol. The Morgan fingerprint density at radius 3 is 2.86 bits per heavy atom. The van der Waals surface area contributed by atoms with Gasteiger partial charge in [-0.15, -0.1) is 0 Å². The van der Waals surface area contributed by atoms with Crippen LogP contribution in [0.2, 0.25) is 0 Å². The molecule has 1 saturated heterocycles. The van der Waals surface area contributed by atoms with E-state index in [0.29, 0.717) is 16.9 Å². The highest BCUT2D eigenvalue weighted by Gasteiger charge is 2.29. The minimum atomic E-state index is -0.452. The van der Waals surface area contributed by atoms with Crippen LogP contribution in [0.3, 0.4) is 0 Å². The lowest BCUT2D eigenvalue weighted by molar-refractivity contribution is -0.384. The minimum absolute atomic E-state index is 0.00899. The van der Waals surface area contributed by atoms with E-state index in [0.717, 1.165) is 24.9 Å². The van der Waals surface area contributed by atoms with Gasteiger partial charge in [0.2, 0.25) is 5.91 Å². The van der Waals surface area contributed by atoms with Crippen molar-refractivity contribution in [3.05, 3.63) is 38.3 Å². The third kappa shape index (κ3) is 3.84. The number of nitrogens with zero attached hydrogens (tertiary/aromatic N) is 2. The molecule has 1 aromatic carbocycles. The van der Waals surface area contributed by atoms with E-state index in [1.165, 1.54) is 12.1 Å². The number of hydrogen-bond donors (Lipinski definition) is 1. The van der Waals surface area contributed by atoms with E-state index in [2.05, 4.69) is 22.9 Å². The van der Waals surface area contributed by atoms with Gasteiger partial charge in [-0.3, -0.25) is 14.9 Å². The van der Waals surface area contributed by atoms with Crippen LogP contribution in [0.1, 0.15) is 25.3 Å². The van der Waals surface area contributed by atoms with Gasteiger partial charge in [-0.05, 0) is 24.3 Å². The quantitative estimate of drug-likeness (QED) is 0.651. The molecule has 22 heavy (non-hydrogen) atoms. The molecule has 0 bridgehead atoms. The number of amides is 1. The number of rotatable bonds is 4. The van der Waals surface area contributed by atoms with Crippen molar-refractivity contribution < 1.29 is 9.72 Å². The molecule has 0 radical (unpaired) electrons. The molecular formula is C15H20BrN3O3. The van der Waals surface area contributed by atoms with Crippen LogP contribution in [-0.4, -0.2) is 34.9 Å². The van der Waals surface area contributed by atoms with Gasteiger partial charge in [0.25, 0.3) is 5.69 Å². The van der Waals surface area contributed by atoms with Crippen molar-refractivity contribution in [2.45, 2.75) is 32.2 Å². The summed E-state index contributed by atoms with van der Waals surface area (Å²) in [6.07, 6.45) is 2.15. The zero-order valence-corrected chi connectivity index (χ0v) is 14.1. The van der Waals surface area contributed by atoms with E-state index in [4.69, 9.17) is 5.73 Å². The molecule has 1 heterocycles. The topological polar surface area (TPSA) is 89.5 Å². The molecule has 1 amide bonds. The maximum atomic E-state index is 12.5. The number of benzene rings is 1. The Morgan fingerprint density at radius 2 is 2.27 bits per heavy atom. The number of hydrogen-bond acceptors (Lipinski definition) is 4. The average molecular weight is 370 g/mol. The van der Waals surface area contributed by atoms with Crippen LogP contribution in [0, 0.1) is 16.0 Å². The van der Waals surface area contributed by atoms with Crippen LogP contribution in [0.25, 0.3) is 0 Å². The summed E-state index contributed by atoms with van der Waals surface area (Å²) in [6.45, 7) is 3.38. The smallest absolute Gasteiger partial charge is 0.270 e. The van der Waals surface area contributed by atoms with Gasteiger partial charge in [-0.1, -0.05) is 28.9 Å². The number of nitrogens with two attached hydrogens (primary N) is 1. The van der Waals surface area contributed by atoms with Crippen LogP contribution in [0.5, 0.6) is 0 Å². The van der Waals surface area contributed by atoms with E-state index < -0.39 is 4.92 Å². The molecule has 0 aromatic heterocycles. The number of carbonyl (C=O) groups excluding carboxylic acids is 1. The minimum Gasteiger partial charge on any atom is -0.338 e. The second-order valence-corrected chi connectivity index (χ2v) is 6.67. The average Bonchev–Trinajstić information content (AvgIpc) is 2.48. The van der Waals surface area contributed by atoms with Crippen LogP contribution in [0.4, 0.5) is 5.69 Å². The van der Waals surface area contributed by atoms with Gasteiger partial charge >= 0.3 is 0 Å². The van der Waals surface area contributed by atoms with Crippen molar-refractivity contribution in [3.8, 4) is 0 Å². The summed E-state index contributed by atoms with van der Waals surface area (Å²) in [5.74, 6) is 0.612. The van der Waals surface area contributed by atoms with Crippen LogP contribution < -0.4 is 5.73 Å². The number of nitro benzene ring substituents is 1. The summed E-state index contributed by atoms with van der Waals surface area (Å²) in [4.78, 5) is 24.7. The predicted octanol–water partition coefficient (Wildman–Crippen LogP) is 2.49. The van der Waals surface area contributed by atoms with Crippen molar-refractivity contribution in [2.75, 3.05) is 13.1 Å². The molecule has 2 rings (SSSR count). The van der Waals surface area contributed by atoms with Crippen LogP contribution in [0.15, 0.2) is 22.7 Å². The van der Waals surface area contributed by atoms with E-state index in [9.17, 15) is 14.9 Å². The van der Waals surface area contributed by atoms with Gasteiger partial charge in [0.05, 0.1) is 11.3 Å². The highest BCUT2D eigenvalue weighted by molar-refractivity contribution is 9.10. The first kappa shape index (κ1) is 16.9. The summed E-state index contributed by atoms with van der Waals surface area (Å²) < 4.78 is 0.588. The van der Waals surface area contributed by atoms with Crippen molar-refractivity contribution in [2.24, 2.45) is 11.7 Å². The highest BCUT2D eigenvalue weighted by atomic mass is 79.9. The largest absolute Gasteiger partial charge is 0.338 e. The lowest BCUT2D eigenvalue weighted by Crippen LogP contribution is -2.49. The maximum Gasteiger partial charge on any atom is 0.270 e. The molecule has 0 aliphatic carbocycles. The van der Waals surface area contributed by atoms with E-state index in [-0.39, 0.29) is 24.1 Å². The number of piperidine rings is 1. The zero-order chi connectivity index (χ0) is 16.3. The van der Waals surface area contributed by atoms with Gasteiger partial charge in [0.15, 0.2) is 0 Å². The lowest BCUT2D eigenvalue weighted by atomic mass is 9.92. The monoisotopic (exact) mass is 369 g/mol. The Labute approximate surface area is 137 Å². The zero-order valence-electron chi connectivity index (χ0n) is 12.5. The summed E-state index contributed by atoms with van der Waals surface area (Å²) in [7, 11) is 0. The SMILES string of the molecule is CC1CCN(C(=O)Cc2ccc([N+](=O)[O-])cc2Br)C(CN)C1. The third-order valence-electron chi connectivity index (χ3n) is 4.16. The number of likely N-dealkylation sites (tertiary alicyclic amines) is 1. The Kier molecular flexibility index (Phi) is 5.52. The fourth-order valence-electron chi connectivity index (χ4n) is 2.86. The van der Waals surface area contributed by atoms with Gasteiger partial charge in [0.1, 0.15) is 0 Å². The molecule has 6 nitrogen and oxygen atoms in total. The van der Waals surface area contributed by atoms with Crippen molar-refractivity contribution in [1.82, 2.24) is 4.90 Å². The van der Waals surface area contributed by atoms with Crippen molar-refractivity contribution >= 4 is 27.5 Å². The van der Waals surface area contributed by atoms with Gasteiger partial charge in [0, 0.05) is 35.7 Å². The Morgan fingerprint density at radius 1 is 1.55 bits per heavy atom. The fourth-order valence-corrected chi connectivity index (χ4v) is 3.37. The molecule has 2 atom stereocenters. The maximum absolute atomic E-state index is 12.5. The van der Waals surface area contributed by atoms with Gasteiger partial charge in [-0.2, -0.15) is 0 Å². The Bertz CT molecular complexity index is 579. The molecule has 2 N–H and O–H groups in total. The standard InChI is InChI=1S/C15H20BrN3O3/c1-10-4-5-18(13(6-10)9-17)15(20)7-11-2-3-12(19(21)22)8-14(11)16/h2-3,8,10,13H,4-7,9,17H2,1H3. The summed E-state index contributed by atoms with van der Waals surface area (Å²) in [5, 5.41) is 10.7. The summed E-state index contributed by atoms with van der Waals surface area (Å²) in [5.41, 5.74) is 6.56. The Hall–Kier alpha value is -1.47. The molecule has 1 aliphatic rings. The Balaban J connectivity index is 2.10. The molecule has 0 saturated carbocycles. The van der Waals surface area contributed by atoms with Crippen LogP contribution >= 0.6 is 15.9 Å². The first-order valence-corrected chi connectivity index (χ1v) is 8.14. The number of carbonyl (C=O) groups is 1. The second-order valence-electron chi connectivity index (χ2n) is 5.82. The summed E-state index contributed by atoms with van der Waals surface area (Å²) in [6, 6.07) is 4.57. The number of non-ortho nitro benzene ring substituents is 1. The van der Waals surface area contributed by atoms with Crippen molar-refractivity contribution in [1.29, 1.82) is 0 Å². The second kappa shape index (κ2) is 7.19. The number of halogens is 1. The molecular weight excluding hydrogens is 350 g/mol. The molecule has 1 aromatic rings. The molecule has 1 aliphatic heterocycles. The normalized spacial score (nSPS) is 21.7. The molecule has 7 heteroatoms. The van der Waals surface area contributed by atoms with Gasteiger partial charge < -0.3 is 10.6 Å². The van der Waals surface area contributed by atoms with E-state index in [1.807, 2.05) is 4.90 Å². The third-order valence-corrected chi connectivity index (χ3v) is 4.90. The summed E-state index contributed by atoms with van der Waals surface area (Å²) >= 11 is 3.31. The first-order chi connectivity index (χ1) is 10.4. The molecule has 2 unspecified atom stereocenters. The van der Waals surface area contributed by atoms with Crippen molar-refractivity contribution in [3.63, 3.8) is 0 Å². The van der Waals surface area contributed by atoms with E-state index >= 15 is 0 Å². The molecule has 120 valence electrons. The van der Waals surface area contributed by atoms with Gasteiger partial charge in [-0.25, -0.2) is 0 Å². The highest BCUT2D eigenvalue weighted by Crippen LogP contribution is 2.26. The lowest BCUT2D eigenvalue weighted by Gasteiger charge is -2.38. The van der Waals surface area contributed by atoms with E-state index in [1.54, 1.807) is 6.07 Å². The first-order valence-electron chi connectivity index (χ1n) is 7.34. The fraction of sp³-hybridized carbons (Fsp3) is 0.533.